The summed E-state index contributed by atoms with van der Waals surface area (Å²) in [5.41, 5.74) is 5.85. The predicted molar refractivity (Wildman–Crippen MR) is 168 cm³/mol. The van der Waals surface area contributed by atoms with Crippen LogP contribution in [0.25, 0.3) is 45.2 Å². The summed E-state index contributed by atoms with van der Waals surface area (Å²) >= 11 is 0. The van der Waals surface area contributed by atoms with E-state index in [-0.39, 0.29) is 12.5 Å². The van der Waals surface area contributed by atoms with Crippen LogP contribution in [0.4, 0.5) is 11.4 Å². The second-order valence-electron chi connectivity index (χ2n) is 11.3. The molecule has 2 unspecified atom stereocenters. The Hall–Kier alpha value is -5.40. The number of fused-ring (bicyclic) bond motifs is 2. The second kappa shape index (κ2) is 10.6. The molecular formula is C32H30N10O3. The number of aromatic nitrogens is 8. The third kappa shape index (κ3) is 4.82. The summed E-state index contributed by atoms with van der Waals surface area (Å²) in [6.07, 6.45) is 10.9. The van der Waals surface area contributed by atoms with E-state index in [0.29, 0.717) is 36.4 Å². The third-order valence-electron chi connectivity index (χ3n) is 8.55. The summed E-state index contributed by atoms with van der Waals surface area (Å²) in [6.45, 7) is 4.38. The van der Waals surface area contributed by atoms with Crippen molar-refractivity contribution in [3.05, 3.63) is 86.0 Å². The standard InChI is InChI=1S/C32H30N10O3/c1-3-23-25(15-21(1)39-11-13-43-29(17-39)41-9-7-33-19-41)37-31(35-23)27-5-6-28(45-27)32-36-24-4-2-22(16-26(24)38-32)40-12-14-44-30(18-40)42-10-8-34-20-42/h1-10,15-16,19-20,29-30H,11-14,17-18H2,(H,35,37)(H,36,38). The van der Waals surface area contributed by atoms with Gasteiger partial charge in [0, 0.05) is 49.3 Å². The molecule has 0 amide bonds. The zero-order valence-corrected chi connectivity index (χ0v) is 24.3. The summed E-state index contributed by atoms with van der Waals surface area (Å²) in [6, 6.07) is 16.4. The maximum Gasteiger partial charge on any atom is 0.174 e. The van der Waals surface area contributed by atoms with Crippen LogP contribution in [0.15, 0.2) is 90.4 Å². The largest absolute Gasteiger partial charge is 0.450 e. The van der Waals surface area contributed by atoms with Crippen molar-refractivity contribution in [2.24, 2.45) is 0 Å². The molecule has 2 aliphatic rings. The summed E-state index contributed by atoms with van der Waals surface area (Å²) < 4.78 is 22.2. The first kappa shape index (κ1) is 26.0. The van der Waals surface area contributed by atoms with Crippen molar-refractivity contribution >= 4 is 33.4 Å². The van der Waals surface area contributed by atoms with Crippen molar-refractivity contribution in [1.29, 1.82) is 0 Å². The van der Waals surface area contributed by atoms with Crippen molar-refractivity contribution in [3.8, 4) is 23.2 Å². The molecule has 2 fully saturated rings. The molecule has 9 rings (SSSR count). The number of nitrogens with zero attached hydrogens (tertiary/aromatic N) is 8. The van der Waals surface area contributed by atoms with Crippen molar-refractivity contribution < 1.29 is 13.9 Å². The molecule has 0 radical (unpaired) electrons. The van der Waals surface area contributed by atoms with Gasteiger partial charge in [0.05, 0.1) is 61.0 Å². The quantitative estimate of drug-likeness (QED) is 0.275. The summed E-state index contributed by atoms with van der Waals surface area (Å²) in [7, 11) is 0. The Balaban J connectivity index is 0.937. The van der Waals surface area contributed by atoms with Gasteiger partial charge < -0.3 is 42.8 Å². The number of morpholine rings is 2. The van der Waals surface area contributed by atoms with Crippen molar-refractivity contribution in [1.82, 2.24) is 39.0 Å². The minimum absolute atomic E-state index is 0.0716. The molecule has 7 aromatic rings. The number of hydrogen-bond donors (Lipinski definition) is 2. The average molecular weight is 603 g/mol. The van der Waals surface area contributed by atoms with E-state index in [1.54, 1.807) is 25.0 Å². The SMILES string of the molecule is c1cn(C2CN(c3ccc4[nH]c(-c5ccc(-c6nc7cc(N8CCOC(n9ccnc9)C8)ccc7[nH]6)o5)nc4c3)CCO2)cn1. The smallest absolute Gasteiger partial charge is 0.174 e. The van der Waals surface area contributed by atoms with Crippen LogP contribution in [0.1, 0.15) is 12.5 Å². The third-order valence-corrected chi connectivity index (χ3v) is 8.55. The minimum atomic E-state index is -0.0716. The van der Waals surface area contributed by atoms with Crippen molar-refractivity contribution in [3.63, 3.8) is 0 Å². The van der Waals surface area contributed by atoms with Crippen LogP contribution in [0.5, 0.6) is 0 Å². The number of rotatable bonds is 6. The molecule has 0 aliphatic carbocycles. The molecule has 2 atom stereocenters. The number of imidazole rings is 4. The van der Waals surface area contributed by atoms with Crippen LogP contribution < -0.4 is 9.80 Å². The number of anilines is 2. The molecule has 13 nitrogen and oxygen atoms in total. The lowest BCUT2D eigenvalue weighted by Gasteiger charge is -2.34. The van der Waals surface area contributed by atoms with Crippen LogP contribution in [0, 0.1) is 0 Å². The van der Waals surface area contributed by atoms with Gasteiger partial charge >= 0.3 is 0 Å². The van der Waals surface area contributed by atoms with Gasteiger partial charge in [-0.2, -0.15) is 0 Å². The van der Waals surface area contributed by atoms with Gasteiger partial charge in [-0.15, -0.1) is 0 Å². The average Bonchev–Trinajstić information content (AvgIpc) is 3.93. The van der Waals surface area contributed by atoms with E-state index in [1.165, 1.54) is 0 Å². The maximum atomic E-state index is 6.26. The Kier molecular flexibility index (Phi) is 6.16. The molecule has 2 saturated heterocycles. The lowest BCUT2D eigenvalue weighted by Crippen LogP contribution is -2.40. The fourth-order valence-electron chi connectivity index (χ4n) is 6.18. The molecule has 0 spiro atoms. The maximum absolute atomic E-state index is 6.26. The second-order valence-corrected chi connectivity index (χ2v) is 11.3. The summed E-state index contributed by atoms with van der Waals surface area (Å²) in [5, 5.41) is 0. The van der Waals surface area contributed by atoms with Gasteiger partial charge in [0.25, 0.3) is 0 Å². The Labute approximate surface area is 257 Å². The number of aromatic amines is 2. The molecule has 45 heavy (non-hydrogen) atoms. The lowest BCUT2D eigenvalue weighted by molar-refractivity contribution is -0.00867. The van der Waals surface area contributed by atoms with E-state index >= 15 is 0 Å². The normalized spacial score (nSPS) is 19.2. The first-order valence-electron chi connectivity index (χ1n) is 15.0. The Morgan fingerprint density at radius 2 is 1.16 bits per heavy atom. The van der Waals surface area contributed by atoms with Gasteiger partial charge in [-0.25, -0.2) is 19.9 Å². The summed E-state index contributed by atoms with van der Waals surface area (Å²) in [4.78, 5) is 29.5. The van der Waals surface area contributed by atoms with E-state index in [1.807, 2.05) is 33.7 Å². The zero-order valence-electron chi connectivity index (χ0n) is 24.3. The topological polar surface area (TPSA) is 131 Å². The first-order chi connectivity index (χ1) is 22.2. The number of benzene rings is 2. The van der Waals surface area contributed by atoms with Gasteiger partial charge in [-0.05, 0) is 48.5 Å². The molecular weight excluding hydrogens is 572 g/mol. The van der Waals surface area contributed by atoms with Crippen LogP contribution in [-0.2, 0) is 9.47 Å². The van der Waals surface area contributed by atoms with E-state index in [4.69, 9.17) is 23.9 Å². The Morgan fingerprint density at radius 1 is 0.644 bits per heavy atom. The van der Waals surface area contributed by atoms with Crippen LogP contribution in [0.3, 0.4) is 0 Å². The Morgan fingerprint density at radius 3 is 1.62 bits per heavy atom. The molecule has 7 heterocycles. The molecule has 0 saturated carbocycles. The molecule has 13 heteroatoms. The first-order valence-corrected chi connectivity index (χ1v) is 15.0. The van der Waals surface area contributed by atoms with Gasteiger partial charge in [0.2, 0.25) is 0 Å². The predicted octanol–water partition coefficient (Wildman–Crippen LogP) is 4.83. The van der Waals surface area contributed by atoms with E-state index in [0.717, 1.165) is 59.6 Å². The molecule has 226 valence electrons. The van der Waals surface area contributed by atoms with E-state index in [2.05, 4.69) is 66.1 Å². The lowest BCUT2D eigenvalue weighted by atomic mass is 10.2. The van der Waals surface area contributed by atoms with Crippen LogP contribution in [0.2, 0.25) is 0 Å². The van der Waals surface area contributed by atoms with E-state index in [9.17, 15) is 0 Å². The highest BCUT2D eigenvalue weighted by Crippen LogP contribution is 2.32. The monoisotopic (exact) mass is 602 g/mol. The van der Waals surface area contributed by atoms with Crippen LogP contribution in [-0.4, -0.2) is 78.4 Å². The molecule has 0 bridgehead atoms. The highest BCUT2D eigenvalue weighted by Gasteiger charge is 2.24. The fourth-order valence-corrected chi connectivity index (χ4v) is 6.18. The Bertz CT molecular complexity index is 1930. The number of furan rings is 1. The fraction of sp³-hybridized carbons (Fsp3) is 0.250. The molecule has 5 aromatic heterocycles. The van der Waals surface area contributed by atoms with Crippen molar-refractivity contribution in [2.75, 3.05) is 49.2 Å². The molecule has 2 aromatic carbocycles. The number of hydrogen-bond acceptors (Lipinski definition) is 9. The van der Waals surface area contributed by atoms with Crippen LogP contribution >= 0.6 is 0 Å². The van der Waals surface area contributed by atoms with Crippen molar-refractivity contribution in [2.45, 2.75) is 12.5 Å². The number of ether oxygens (including phenoxy) is 2. The number of H-pyrrole nitrogens is 2. The van der Waals surface area contributed by atoms with Gasteiger partial charge in [-0.1, -0.05) is 0 Å². The van der Waals surface area contributed by atoms with Gasteiger partial charge in [0.1, 0.15) is 0 Å². The minimum Gasteiger partial charge on any atom is -0.450 e. The van der Waals surface area contributed by atoms with Gasteiger partial charge in [0.15, 0.2) is 35.6 Å². The van der Waals surface area contributed by atoms with Gasteiger partial charge in [-0.3, -0.25) is 0 Å². The highest BCUT2D eigenvalue weighted by molar-refractivity contribution is 5.84. The zero-order chi connectivity index (χ0) is 29.7. The van der Waals surface area contributed by atoms with E-state index < -0.39 is 0 Å². The highest BCUT2D eigenvalue weighted by atomic mass is 16.5. The number of nitrogens with one attached hydrogen (secondary N) is 2. The molecule has 2 aliphatic heterocycles. The molecule has 2 N–H and O–H groups in total. The summed E-state index contributed by atoms with van der Waals surface area (Å²) in [5.74, 6) is 2.64.